The molecular weight excluding hydrogens is 188 g/mol. The minimum Gasteiger partial charge on any atom is -0.321 e. The van der Waals surface area contributed by atoms with Gasteiger partial charge in [-0.25, -0.2) is 0 Å². The second kappa shape index (κ2) is 4.62. The summed E-state index contributed by atoms with van der Waals surface area (Å²) in [5.41, 5.74) is 5.90. The predicted octanol–water partition coefficient (Wildman–Crippen LogP) is 1.32. The van der Waals surface area contributed by atoms with Crippen molar-refractivity contribution in [3.63, 3.8) is 0 Å². The van der Waals surface area contributed by atoms with Crippen LogP contribution in [0.25, 0.3) is 0 Å². The van der Waals surface area contributed by atoms with Crippen LogP contribution in [-0.4, -0.2) is 24.4 Å². The van der Waals surface area contributed by atoms with E-state index in [-0.39, 0.29) is 23.2 Å². The SMILES string of the molecule is CCC1C(=O)C(N)CC1(C)CNC(C)C. The highest BCUT2D eigenvalue weighted by atomic mass is 16.1. The van der Waals surface area contributed by atoms with Crippen molar-refractivity contribution >= 4 is 5.78 Å². The third kappa shape index (κ3) is 2.58. The molecule has 0 spiro atoms. The van der Waals surface area contributed by atoms with E-state index < -0.39 is 0 Å². The van der Waals surface area contributed by atoms with Crippen LogP contribution in [0.3, 0.4) is 0 Å². The molecule has 1 fully saturated rings. The molecule has 3 atom stereocenters. The summed E-state index contributed by atoms with van der Waals surface area (Å²) in [5, 5.41) is 3.43. The third-order valence-corrected chi connectivity index (χ3v) is 3.56. The molecule has 0 aromatic heterocycles. The van der Waals surface area contributed by atoms with Gasteiger partial charge >= 0.3 is 0 Å². The average Bonchev–Trinajstić information content (AvgIpc) is 2.36. The zero-order chi connectivity index (χ0) is 11.6. The summed E-state index contributed by atoms with van der Waals surface area (Å²) >= 11 is 0. The van der Waals surface area contributed by atoms with Crippen LogP contribution in [0.1, 0.15) is 40.5 Å². The number of hydrogen-bond acceptors (Lipinski definition) is 3. The maximum absolute atomic E-state index is 11.8. The van der Waals surface area contributed by atoms with Gasteiger partial charge in [-0.05, 0) is 18.3 Å². The van der Waals surface area contributed by atoms with E-state index in [4.69, 9.17) is 5.73 Å². The van der Waals surface area contributed by atoms with E-state index >= 15 is 0 Å². The molecule has 0 amide bonds. The lowest BCUT2D eigenvalue weighted by molar-refractivity contribution is -0.123. The number of Topliss-reactive ketones (excluding diaryl/α,β-unsaturated/α-hetero) is 1. The highest BCUT2D eigenvalue weighted by Crippen LogP contribution is 2.41. The number of nitrogens with one attached hydrogen (secondary N) is 1. The van der Waals surface area contributed by atoms with Crippen LogP contribution in [0.2, 0.25) is 0 Å². The first-order valence-electron chi connectivity index (χ1n) is 5.93. The van der Waals surface area contributed by atoms with Crippen molar-refractivity contribution in [2.24, 2.45) is 17.1 Å². The Kier molecular flexibility index (Phi) is 3.90. The lowest BCUT2D eigenvalue weighted by Gasteiger charge is -2.31. The fourth-order valence-corrected chi connectivity index (χ4v) is 2.67. The lowest BCUT2D eigenvalue weighted by atomic mass is 9.78. The number of nitrogens with two attached hydrogens (primary N) is 1. The van der Waals surface area contributed by atoms with Crippen molar-refractivity contribution in [2.75, 3.05) is 6.54 Å². The minimum absolute atomic E-state index is 0.0511. The summed E-state index contributed by atoms with van der Waals surface area (Å²) in [7, 11) is 0. The molecule has 3 nitrogen and oxygen atoms in total. The smallest absolute Gasteiger partial charge is 0.153 e. The van der Waals surface area contributed by atoms with E-state index in [1.807, 2.05) is 0 Å². The summed E-state index contributed by atoms with van der Waals surface area (Å²) in [6.07, 6.45) is 1.73. The van der Waals surface area contributed by atoms with Gasteiger partial charge in [-0.2, -0.15) is 0 Å². The van der Waals surface area contributed by atoms with E-state index in [1.165, 1.54) is 0 Å². The fourth-order valence-electron chi connectivity index (χ4n) is 2.67. The number of hydrogen-bond donors (Lipinski definition) is 2. The van der Waals surface area contributed by atoms with Gasteiger partial charge in [0.15, 0.2) is 5.78 Å². The third-order valence-electron chi connectivity index (χ3n) is 3.56. The second-order valence-electron chi connectivity index (χ2n) is 5.36. The molecule has 0 aliphatic heterocycles. The molecule has 15 heavy (non-hydrogen) atoms. The van der Waals surface area contributed by atoms with Gasteiger partial charge in [-0.3, -0.25) is 4.79 Å². The molecule has 1 aliphatic rings. The molecule has 3 unspecified atom stereocenters. The van der Waals surface area contributed by atoms with Gasteiger partial charge in [0.05, 0.1) is 6.04 Å². The molecule has 1 aliphatic carbocycles. The molecule has 0 aromatic rings. The Hall–Kier alpha value is -0.410. The Morgan fingerprint density at radius 1 is 1.60 bits per heavy atom. The first-order chi connectivity index (χ1) is 6.90. The van der Waals surface area contributed by atoms with Gasteiger partial charge in [0.25, 0.3) is 0 Å². The van der Waals surface area contributed by atoms with Gasteiger partial charge in [0.1, 0.15) is 0 Å². The van der Waals surface area contributed by atoms with E-state index in [2.05, 4.69) is 33.0 Å². The van der Waals surface area contributed by atoms with Crippen molar-refractivity contribution < 1.29 is 4.79 Å². The zero-order valence-corrected chi connectivity index (χ0v) is 10.3. The molecule has 1 saturated carbocycles. The van der Waals surface area contributed by atoms with Crippen LogP contribution >= 0.6 is 0 Å². The monoisotopic (exact) mass is 212 g/mol. The molecule has 0 heterocycles. The van der Waals surface area contributed by atoms with E-state index in [0.29, 0.717) is 6.04 Å². The van der Waals surface area contributed by atoms with Crippen LogP contribution in [-0.2, 0) is 4.79 Å². The van der Waals surface area contributed by atoms with Gasteiger partial charge in [0, 0.05) is 18.5 Å². The normalized spacial score (nSPS) is 36.5. The number of rotatable bonds is 4. The Bertz CT molecular complexity index is 240. The molecular formula is C12H24N2O. The summed E-state index contributed by atoms with van der Waals surface area (Å²) < 4.78 is 0. The number of carbonyl (C=O) groups is 1. The minimum atomic E-state index is -0.242. The number of ketones is 1. The Labute approximate surface area is 92.8 Å². The molecule has 3 N–H and O–H groups in total. The van der Waals surface area contributed by atoms with Crippen molar-refractivity contribution in [3.8, 4) is 0 Å². The zero-order valence-electron chi connectivity index (χ0n) is 10.3. The van der Waals surface area contributed by atoms with Gasteiger partial charge in [-0.15, -0.1) is 0 Å². The van der Waals surface area contributed by atoms with Crippen molar-refractivity contribution in [3.05, 3.63) is 0 Å². The fraction of sp³-hybridized carbons (Fsp3) is 0.917. The first-order valence-corrected chi connectivity index (χ1v) is 5.93. The molecule has 0 saturated heterocycles. The van der Waals surface area contributed by atoms with Crippen molar-refractivity contribution in [1.29, 1.82) is 0 Å². The van der Waals surface area contributed by atoms with Gasteiger partial charge in [-0.1, -0.05) is 27.7 Å². The van der Waals surface area contributed by atoms with E-state index in [1.54, 1.807) is 0 Å². The Morgan fingerprint density at radius 2 is 2.20 bits per heavy atom. The average molecular weight is 212 g/mol. The summed E-state index contributed by atoms with van der Waals surface area (Å²) in [4.78, 5) is 11.8. The van der Waals surface area contributed by atoms with Gasteiger partial charge < -0.3 is 11.1 Å². The second-order valence-corrected chi connectivity index (χ2v) is 5.36. The van der Waals surface area contributed by atoms with E-state index in [9.17, 15) is 4.79 Å². The number of carbonyl (C=O) groups excluding carboxylic acids is 1. The summed E-state index contributed by atoms with van der Waals surface area (Å²) in [6.45, 7) is 9.40. The quantitative estimate of drug-likeness (QED) is 0.739. The largest absolute Gasteiger partial charge is 0.321 e. The molecule has 88 valence electrons. The van der Waals surface area contributed by atoms with E-state index in [0.717, 1.165) is 19.4 Å². The van der Waals surface area contributed by atoms with Crippen LogP contribution in [0.4, 0.5) is 0 Å². The van der Waals surface area contributed by atoms with Gasteiger partial charge in [0.2, 0.25) is 0 Å². The molecule has 0 radical (unpaired) electrons. The highest BCUT2D eigenvalue weighted by Gasteiger charge is 2.47. The Morgan fingerprint density at radius 3 is 2.67 bits per heavy atom. The lowest BCUT2D eigenvalue weighted by Crippen LogP contribution is -2.39. The first kappa shape index (κ1) is 12.7. The summed E-state index contributed by atoms with van der Waals surface area (Å²) in [6, 6.07) is 0.222. The van der Waals surface area contributed by atoms with Crippen LogP contribution in [0.5, 0.6) is 0 Å². The topological polar surface area (TPSA) is 55.1 Å². The van der Waals surface area contributed by atoms with Crippen molar-refractivity contribution in [1.82, 2.24) is 5.32 Å². The van der Waals surface area contributed by atoms with Crippen LogP contribution < -0.4 is 11.1 Å². The molecule has 1 rings (SSSR count). The van der Waals surface area contributed by atoms with Crippen molar-refractivity contribution in [2.45, 2.75) is 52.6 Å². The highest BCUT2D eigenvalue weighted by molar-refractivity contribution is 5.89. The standard InChI is InChI=1S/C12H24N2O/c1-5-9-11(15)10(13)6-12(9,4)7-14-8(2)3/h8-10,14H,5-7,13H2,1-4H3. The Balaban J connectivity index is 2.69. The summed E-state index contributed by atoms with van der Waals surface area (Å²) in [5.74, 6) is 0.393. The predicted molar refractivity (Wildman–Crippen MR) is 62.6 cm³/mol. The molecule has 0 bridgehead atoms. The molecule has 3 heteroatoms. The maximum atomic E-state index is 11.8. The van der Waals surface area contributed by atoms with Crippen LogP contribution in [0.15, 0.2) is 0 Å². The van der Waals surface area contributed by atoms with Crippen LogP contribution in [0, 0.1) is 11.3 Å². The molecule has 0 aromatic carbocycles. The maximum Gasteiger partial charge on any atom is 0.153 e.